The van der Waals surface area contributed by atoms with Crippen LogP contribution in [0.5, 0.6) is 0 Å². The third-order valence-electron chi connectivity index (χ3n) is 3.10. The molecular weight excluding hydrogens is 255 g/mol. The van der Waals surface area contributed by atoms with Crippen LogP contribution in [-0.2, 0) is 5.41 Å². The fourth-order valence-electron chi connectivity index (χ4n) is 1.96. The number of nitriles is 1. The highest BCUT2D eigenvalue weighted by atomic mass is 19.1. The van der Waals surface area contributed by atoms with Crippen LogP contribution in [0.1, 0.15) is 25.1 Å². The van der Waals surface area contributed by atoms with Gasteiger partial charge < -0.3 is 5.32 Å². The lowest BCUT2D eigenvalue weighted by Crippen LogP contribution is -2.29. The summed E-state index contributed by atoms with van der Waals surface area (Å²) in [4.78, 5) is 8.01. The molecule has 0 radical (unpaired) electrons. The Hall–Kier alpha value is -2.48. The Bertz CT molecular complexity index is 646. The molecule has 0 bridgehead atoms. The van der Waals surface area contributed by atoms with E-state index in [-0.39, 0.29) is 11.5 Å². The van der Waals surface area contributed by atoms with E-state index in [2.05, 4.69) is 15.3 Å². The van der Waals surface area contributed by atoms with Gasteiger partial charge in [-0.2, -0.15) is 5.26 Å². The molecule has 0 unspecified atom stereocenters. The standard InChI is InChI=1S/C15H15FN4/c1-15(2,11-5-3-4-6-12(11)16)10-20-14-13(9-17)18-7-8-19-14/h3-8H,10H2,1-2H3,(H,19,20). The van der Waals surface area contributed by atoms with Crippen molar-refractivity contribution in [2.45, 2.75) is 19.3 Å². The van der Waals surface area contributed by atoms with Gasteiger partial charge in [0.2, 0.25) is 0 Å². The molecule has 0 aliphatic rings. The van der Waals surface area contributed by atoms with Crippen molar-refractivity contribution in [3.8, 4) is 6.07 Å². The average Bonchev–Trinajstić information content (AvgIpc) is 2.46. The molecule has 0 atom stereocenters. The summed E-state index contributed by atoms with van der Waals surface area (Å²) in [5, 5.41) is 12.0. The van der Waals surface area contributed by atoms with Gasteiger partial charge >= 0.3 is 0 Å². The zero-order valence-corrected chi connectivity index (χ0v) is 11.4. The van der Waals surface area contributed by atoms with Crippen LogP contribution < -0.4 is 5.32 Å². The van der Waals surface area contributed by atoms with Gasteiger partial charge in [0.25, 0.3) is 0 Å². The molecule has 1 aromatic heterocycles. The molecule has 0 aliphatic carbocycles. The largest absolute Gasteiger partial charge is 0.367 e. The third-order valence-corrected chi connectivity index (χ3v) is 3.10. The summed E-state index contributed by atoms with van der Waals surface area (Å²) >= 11 is 0. The average molecular weight is 270 g/mol. The smallest absolute Gasteiger partial charge is 0.182 e. The van der Waals surface area contributed by atoms with Gasteiger partial charge in [-0.3, -0.25) is 0 Å². The van der Waals surface area contributed by atoms with E-state index in [1.165, 1.54) is 18.5 Å². The van der Waals surface area contributed by atoms with Gasteiger partial charge in [0.15, 0.2) is 11.5 Å². The van der Waals surface area contributed by atoms with Crippen LogP contribution in [0.2, 0.25) is 0 Å². The molecule has 20 heavy (non-hydrogen) atoms. The monoisotopic (exact) mass is 270 g/mol. The number of aromatic nitrogens is 2. The molecule has 4 nitrogen and oxygen atoms in total. The molecule has 2 rings (SSSR count). The number of nitrogens with zero attached hydrogens (tertiary/aromatic N) is 3. The Labute approximate surface area is 117 Å². The number of anilines is 1. The molecule has 2 aromatic rings. The number of rotatable bonds is 4. The second-order valence-electron chi connectivity index (χ2n) is 5.08. The van der Waals surface area contributed by atoms with Crippen LogP contribution in [0.4, 0.5) is 10.2 Å². The van der Waals surface area contributed by atoms with E-state index in [4.69, 9.17) is 5.26 Å². The van der Waals surface area contributed by atoms with Crippen LogP contribution in [0, 0.1) is 17.1 Å². The Morgan fingerprint density at radius 2 is 1.95 bits per heavy atom. The maximum atomic E-state index is 13.8. The molecule has 1 N–H and O–H groups in total. The summed E-state index contributed by atoms with van der Waals surface area (Å²) in [5.74, 6) is 0.179. The Balaban J connectivity index is 2.18. The Kier molecular flexibility index (Phi) is 3.94. The van der Waals surface area contributed by atoms with Crippen molar-refractivity contribution in [2.75, 3.05) is 11.9 Å². The van der Waals surface area contributed by atoms with Gasteiger partial charge in [-0.05, 0) is 11.6 Å². The summed E-state index contributed by atoms with van der Waals surface area (Å²) < 4.78 is 13.8. The molecule has 0 saturated heterocycles. The van der Waals surface area contributed by atoms with E-state index in [9.17, 15) is 4.39 Å². The minimum atomic E-state index is -0.435. The molecule has 5 heteroatoms. The minimum Gasteiger partial charge on any atom is -0.367 e. The SMILES string of the molecule is CC(C)(CNc1nccnc1C#N)c1ccccc1F. The molecule has 0 fully saturated rings. The van der Waals surface area contributed by atoms with E-state index in [1.807, 2.05) is 26.0 Å². The lowest BCUT2D eigenvalue weighted by atomic mass is 9.84. The number of hydrogen-bond donors (Lipinski definition) is 1. The molecule has 102 valence electrons. The van der Waals surface area contributed by atoms with E-state index in [0.29, 0.717) is 17.9 Å². The first-order chi connectivity index (χ1) is 9.54. The first-order valence-electron chi connectivity index (χ1n) is 6.24. The van der Waals surface area contributed by atoms with Crippen LogP contribution in [0.3, 0.4) is 0 Å². The maximum Gasteiger partial charge on any atom is 0.182 e. The predicted molar refractivity (Wildman–Crippen MR) is 74.7 cm³/mol. The minimum absolute atomic E-state index is 0.233. The molecule has 1 aromatic carbocycles. The summed E-state index contributed by atoms with van der Waals surface area (Å²) in [6, 6.07) is 8.65. The number of benzene rings is 1. The summed E-state index contributed by atoms with van der Waals surface area (Å²) in [6.45, 7) is 4.31. The van der Waals surface area contributed by atoms with Crippen molar-refractivity contribution < 1.29 is 4.39 Å². The van der Waals surface area contributed by atoms with Gasteiger partial charge in [-0.15, -0.1) is 0 Å². The second kappa shape index (κ2) is 5.66. The second-order valence-corrected chi connectivity index (χ2v) is 5.08. The first kappa shape index (κ1) is 13.9. The van der Waals surface area contributed by atoms with Crippen LogP contribution in [0.15, 0.2) is 36.7 Å². The van der Waals surface area contributed by atoms with Crippen molar-refractivity contribution in [1.29, 1.82) is 5.26 Å². The van der Waals surface area contributed by atoms with Crippen molar-refractivity contribution in [2.24, 2.45) is 0 Å². The fraction of sp³-hybridized carbons (Fsp3) is 0.267. The summed E-state index contributed by atoms with van der Waals surface area (Å²) in [6.07, 6.45) is 2.98. The molecule has 0 amide bonds. The number of hydrogen-bond acceptors (Lipinski definition) is 4. The maximum absolute atomic E-state index is 13.8. The molecule has 0 aliphatic heterocycles. The fourth-order valence-corrected chi connectivity index (χ4v) is 1.96. The van der Waals surface area contributed by atoms with Crippen LogP contribution in [-0.4, -0.2) is 16.5 Å². The molecule has 0 saturated carbocycles. The lowest BCUT2D eigenvalue weighted by molar-refractivity contribution is 0.504. The highest BCUT2D eigenvalue weighted by Crippen LogP contribution is 2.26. The highest BCUT2D eigenvalue weighted by molar-refractivity contribution is 5.47. The topological polar surface area (TPSA) is 61.6 Å². The van der Waals surface area contributed by atoms with Gasteiger partial charge in [0.1, 0.15) is 11.9 Å². The lowest BCUT2D eigenvalue weighted by Gasteiger charge is -2.26. The van der Waals surface area contributed by atoms with Crippen LogP contribution in [0.25, 0.3) is 0 Å². The summed E-state index contributed by atoms with van der Waals surface area (Å²) in [5.41, 5.74) is 0.419. The van der Waals surface area contributed by atoms with Crippen molar-refractivity contribution in [1.82, 2.24) is 9.97 Å². The number of halogens is 1. The number of nitrogens with one attached hydrogen (secondary N) is 1. The van der Waals surface area contributed by atoms with Gasteiger partial charge in [-0.25, -0.2) is 14.4 Å². The Morgan fingerprint density at radius 3 is 2.65 bits per heavy atom. The van der Waals surface area contributed by atoms with Crippen molar-refractivity contribution in [3.63, 3.8) is 0 Å². The highest BCUT2D eigenvalue weighted by Gasteiger charge is 2.24. The van der Waals surface area contributed by atoms with E-state index in [1.54, 1.807) is 12.1 Å². The van der Waals surface area contributed by atoms with Crippen LogP contribution >= 0.6 is 0 Å². The molecule has 0 spiro atoms. The zero-order chi connectivity index (χ0) is 14.6. The first-order valence-corrected chi connectivity index (χ1v) is 6.24. The van der Waals surface area contributed by atoms with Gasteiger partial charge in [0.05, 0.1) is 0 Å². The zero-order valence-electron chi connectivity index (χ0n) is 11.4. The van der Waals surface area contributed by atoms with E-state index < -0.39 is 5.41 Å². The quantitative estimate of drug-likeness (QED) is 0.928. The Morgan fingerprint density at radius 1 is 1.25 bits per heavy atom. The van der Waals surface area contributed by atoms with E-state index >= 15 is 0 Å². The third kappa shape index (κ3) is 2.91. The van der Waals surface area contributed by atoms with Gasteiger partial charge in [-0.1, -0.05) is 32.0 Å². The normalized spacial score (nSPS) is 10.9. The molecular formula is C15H15FN4. The molecule has 1 heterocycles. The summed E-state index contributed by atoms with van der Waals surface area (Å²) in [7, 11) is 0. The van der Waals surface area contributed by atoms with Gasteiger partial charge in [0, 0.05) is 24.4 Å². The van der Waals surface area contributed by atoms with E-state index in [0.717, 1.165) is 0 Å². The van der Waals surface area contributed by atoms with Crippen molar-refractivity contribution >= 4 is 5.82 Å². The van der Waals surface area contributed by atoms with Crippen molar-refractivity contribution in [3.05, 3.63) is 53.7 Å². The predicted octanol–water partition coefficient (Wildman–Crippen LogP) is 2.88.